The summed E-state index contributed by atoms with van der Waals surface area (Å²) >= 11 is 0. The van der Waals surface area contributed by atoms with Crippen LogP contribution in [0, 0.1) is 0 Å². The molecule has 114 valence electrons. The van der Waals surface area contributed by atoms with Gasteiger partial charge in [0.1, 0.15) is 5.75 Å². The van der Waals surface area contributed by atoms with Crippen molar-refractivity contribution in [2.24, 2.45) is 7.05 Å². The van der Waals surface area contributed by atoms with Crippen LogP contribution in [0.15, 0.2) is 30.5 Å². The molecule has 2 aromatic rings. The third-order valence-electron chi connectivity index (χ3n) is 3.63. The monoisotopic (exact) mass is 288 g/mol. The maximum absolute atomic E-state index is 5.19. The summed E-state index contributed by atoms with van der Waals surface area (Å²) in [6.45, 7) is 3.17. The summed E-state index contributed by atoms with van der Waals surface area (Å²) in [5, 5.41) is 11.6. The lowest BCUT2D eigenvalue weighted by atomic mass is 10.0. The van der Waals surface area contributed by atoms with Crippen molar-refractivity contribution >= 4 is 0 Å². The minimum atomic E-state index is 0.284. The molecular formula is C16H24N4O. The van der Waals surface area contributed by atoms with Crippen LogP contribution in [0.4, 0.5) is 0 Å². The van der Waals surface area contributed by atoms with Crippen molar-refractivity contribution in [3.8, 4) is 5.75 Å². The van der Waals surface area contributed by atoms with Crippen LogP contribution in [0.3, 0.4) is 0 Å². The van der Waals surface area contributed by atoms with Gasteiger partial charge in [-0.05, 0) is 43.5 Å². The zero-order chi connectivity index (χ0) is 15.1. The highest BCUT2D eigenvalue weighted by Crippen LogP contribution is 2.19. The Morgan fingerprint density at radius 3 is 2.62 bits per heavy atom. The molecule has 0 aliphatic carbocycles. The van der Waals surface area contributed by atoms with Crippen molar-refractivity contribution in [1.29, 1.82) is 0 Å². The van der Waals surface area contributed by atoms with E-state index in [1.807, 2.05) is 30.1 Å². The second kappa shape index (κ2) is 7.78. The summed E-state index contributed by atoms with van der Waals surface area (Å²) < 4.78 is 7.04. The Labute approximate surface area is 126 Å². The van der Waals surface area contributed by atoms with E-state index in [1.165, 1.54) is 5.56 Å². The van der Waals surface area contributed by atoms with Gasteiger partial charge in [0.2, 0.25) is 0 Å². The molecule has 2 rings (SSSR count). The molecule has 0 aliphatic rings. The normalized spacial score (nSPS) is 12.3. The predicted molar refractivity (Wildman–Crippen MR) is 83.4 cm³/mol. The van der Waals surface area contributed by atoms with Gasteiger partial charge in [0, 0.05) is 7.05 Å². The topological polar surface area (TPSA) is 52.0 Å². The van der Waals surface area contributed by atoms with Crippen molar-refractivity contribution < 1.29 is 4.74 Å². The van der Waals surface area contributed by atoms with E-state index in [0.717, 1.165) is 37.3 Å². The van der Waals surface area contributed by atoms with Crippen molar-refractivity contribution in [2.75, 3.05) is 13.7 Å². The standard InChI is InChI=1S/C16H24N4O/c1-4-11-17-15(16-12-18-19-20(16)2)10-7-13-5-8-14(21-3)9-6-13/h5-6,8-9,12,15,17H,4,7,10-11H2,1-3H3. The van der Waals surface area contributed by atoms with Crippen molar-refractivity contribution in [3.63, 3.8) is 0 Å². The minimum absolute atomic E-state index is 0.284. The molecule has 1 unspecified atom stereocenters. The number of aryl methyl sites for hydroxylation is 2. The van der Waals surface area contributed by atoms with Crippen LogP contribution in [0.5, 0.6) is 5.75 Å². The van der Waals surface area contributed by atoms with Crippen molar-refractivity contribution in [3.05, 3.63) is 41.7 Å². The number of hydrogen-bond acceptors (Lipinski definition) is 4. The highest BCUT2D eigenvalue weighted by Gasteiger charge is 2.15. The number of hydrogen-bond donors (Lipinski definition) is 1. The predicted octanol–water partition coefficient (Wildman–Crippen LogP) is 2.50. The van der Waals surface area contributed by atoms with E-state index in [1.54, 1.807) is 7.11 Å². The maximum atomic E-state index is 5.19. The molecule has 0 bridgehead atoms. The van der Waals surface area contributed by atoms with Crippen LogP contribution in [0.2, 0.25) is 0 Å². The SMILES string of the molecule is CCCNC(CCc1ccc(OC)cc1)c1cnnn1C. The van der Waals surface area contributed by atoms with Gasteiger partial charge in [-0.3, -0.25) is 4.68 Å². The van der Waals surface area contributed by atoms with Crippen LogP contribution >= 0.6 is 0 Å². The van der Waals surface area contributed by atoms with Crippen molar-refractivity contribution in [1.82, 2.24) is 20.3 Å². The molecule has 1 N–H and O–H groups in total. The number of nitrogens with zero attached hydrogens (tertiary/aromatic N) is 3. The third kappa shape index (κ3) is 4.29. The highest BCUT2D eigenvalue weighted by molar-refractivity contribution is 5.27. The fourth-order valence-electron chi connectivity index (χ4n) is 2.39. The fraction of sp³-hybridized carbons (Fsp3) is 0.500. The molecule has 0 saturated carbocycles. The number of rotatable bonds is 8. The second-order valence-electron chi connectivity index (χ2n) is 5.18. The summed E-state index contributed by atoms with van der Waals surface area (Å²) in [7, 11) is 3.63. The van der Waals surface area contributed by atoms with Gasteiger partial charge in [-0.1, -0.05) is 24.3 Å². The Balaban J connectivity index is 1.99. The first-order valence-electron chi connectivity index (χ1n) is 7.45. The van der Waals surface area contributed by atoms with Gasteiger partial charge in [-0.15, -0.1) is 5.10 Å². The second-order valence-corrected chi connectivity index (χ2v) is 5.18. The average Bonchev–Trinajstić information content (AvgIpc) is 2.94. The molecule has 1 atom stereocenters. The fourth-order valence-corrected chi connectivity index (χ4v) is 2.39. The molecule has 1 aromatic carbocycles. The first kappa shape index (κ1) is 15.5. The van der Waals surface area contributed by atoms with Crippen LogP contribution in [-0.4, -0.2) is 28.6 Å². The van der Waals surface area contributed by atoms with Gasteiger partial charge in [0.05, 0.1) is 25.0 Å². The van der Waals surface area contributed by atoms with Gasteiger partial charge >= 0.3 is 0 Å². The molecular weight excluding hydrogens is 264 g/mol. The average molecular weight is 288 g/mol. The first-order chi connectivity index (χ1) is 10.2. The first-order valence-corrected chi connectivity index (χ1v) is 7.45. The van der Waals surface area contributed by atoms with Gasteiger partial charge in [-0.25, -0.2) is 0 Å². The van der Waals surface area contributed by atoms with E-state index < -0.39 is 0 Å². The quantitative estimate of drug-likeness (QED) is 0.811. The lowest BCUT2D eigenvalue weighted by molar-refractivity contribution is 0.414. The number of ether oxygens (including phenoxy) is 1. The zero-order valence-electron chi connectivity index (χ0n) is 13.0. The Hall–Kier alpha value is -1.88. The van der Waals surface area contributed by atoms with E-state index in [0.29, 0.717) is 0 Å². The molecule has 1 aromatic heterocycles. The molecule has 5 nitrogen and oxygen atoms in total. The molecule has 1 heterocycles. The van der Waals surface area contributed by atoms with E-state index in [9.17, 15) is 0 Å². The minimum Gasteiger partial charge on any atom is -0.497 e. The third-order valence-corrected chi connectivity index (χ3v) is 3.63. The van der Waals surface area contributed by atoms with Gasteiger partial charge in [0.15, 0.2) is 0 Å². The zero-order valence-corrected chi connectivity index (χ0v) is 13.0. The molecule has 0 spiro atoms. The molecule has 0 amide bonds. The van der Waals surface area contributed by atoms with Crippen molar-refractivity contribution in [2.45, 2.75) is 32.2 Å². The smallest absolute Gasteiger partial charge is 0.118 e. The molecule has 5 heteroatoms. The van der Waals surface area contributed by atoms with Crippen LogP contribution < -0.4 is 10.1 Å². The Kier molecular flexibility index (Phi) is 5.75. The van der Waals surface area contributed by atoms with E-state index in [-0.39, 0.29) is 6.04 Å². The highest BCUT2D eigenvalue weighted by atomic mass is 16.5. The maximum Gasteiger partial charge on any atom is 0.118 e. The van der Waals surface area contributed by atoms with Crippen LogP contribution in [0.1, 0.15) is 37.1 Å². The van der Waals surface area contributed by atoms with Crippen LogP contribution in [0.25, 0.3) is 0 Å². The molecule has 21 heavy (non-hydrogen) atoms. The summed E-state index contributed by atoms with van der Waals surface area (Å²) in [5.74, 6) is 0.898. The Morgan fingerprint density at radius 1 is 1.29 bits per heavy atom. The molecule has 0 fully saturated rings. The number of aromatic nitrogens is 3. The Morgan fingerprint density at radius 2 is 2.05 bits per heavy atom. The van der Waals surface area contributed by atoms with Gasteiger partial charge in [-0.2, -0.15) is 0 Å². The molecule has 0 aliphatic heterocycles. The van der Waals surface area contributed by atoms with Gasteiger partial charge < -0.3 is 10.1 Å². The van der Waals surface area contributed by atoms with Gasteiger partial charge in [0.25, 0.3) is 0 Å². The van der Waals surface area contributed by atoms with E-state index >= 15 is 0 Å². The number of methoxy groups -OCH3 is 1. The summed E-state index contributed by atoms with van der Waals surface area (Å²) in [4.78, 5) is 0. The number of nitrogens with one attached hydrogen (secondary N) is 1. The lowest BCUT2D eigenvalue weighted by Crippen LogP contribution is -2.24. The summed E-state index contributed by atoms with van der Waals surface area (Å²) in [5.41, 5.74) is 2.45. The Bertz CT molecular complexity index is 535. The van der Waals surface area contributed by atoms with E-state index in [4.69, 9.17) is 4.74 Å². The summed E-state index contributed by atoms with van der Waals surface area (Å²) in [6, 6.07) is 8.55. The molecule has 0 saturated heterocycles. The lowest BCUT2D eigenvalue weighted by Gasteiger charge is -2.18. The number of benzene rings is 1. The molecule has 0 radical (unpaired) electrons. The summed E-state index contributed by atoms with van der Waals surface area (Å²) in [6.07, 6.45) is 5.00. The van der Waals surface area contributed by atoms with E-state index in [2.05, 4.69) is 34.7 Å². The van der Waals surface area contributed by atoms with Crippen LogP contribution in [-0.2, 0) is 13.5 Å². The largest absolute Gasteiger partial charge is 0.497 e.